The number of anilines is 1. The second-order valence-corrected chi connectivity index (χ2v) is 10.3. The fraction of sp³-hybridized carbons (Fsp3) is 0.538. The fourth-order valence-electron chi connectivity index (χ4n) is 4.91. The summed E-state index contributed by atoms with van der Waals surface area (Å²) in [6.45, 7) is 5.93. The average molecular weight is 526 g/mol. The van der Waals surface area contributed by atoms with E-state index in [0.29, 0.717) is 32.2 Å². The standard InChI is InChI=1S/C26H39N9O3/c1-26(27,28)23(36)33-14-16-34(17-15-33)24(37)30-22-9-13-35(25(38)31-22)21-5-3-4-19(18-21)6-10-32-11-7-20(29-2)8-12-32/h3-5,9,13,18,20,29H,6-8,10-12,14-17,27-28H2,1-2H3,(H,30,31,37,38). The first-order valence-electron chi connectivity index (χ1n) is 13.2. The van der Waals surface area contributed by atoms with Crippen LogP contribution >= 0.6 is 0 Å². The number of carbonyl (C=O) groups excluding carboxylic acids is 2. The molecule has 0 saturated carbocycles. The minimum Gasteiger partial charge on any atom is -0.336 e. The van der Waals surface area contributed by atoms with Gasteiger partial charge in [0.1, 0.15) is 11.5 Å². The van der Waals surface area contributed by atoms with Crippen molar-refractivity contribution in [2.75, 3.05) is 58.2 Å². The SMILES string of the molecule is CNC1CCN(CCc2cccc(-n3ccc(NC(=O)N4CCN(C(=O)C(C)(N)N)CC4)nc3=O)c2)CC1. The summed E-state index contributed by atoms with van der Waals surface area (Å²) in [6.07, 6.45) is 4.85. The highest BCUT2D eigenvalue weighted by molar-refractivity contribution is 5.89. The number of urea groups is 1. The second kappa shape index (κ2) is 12.0. The molecule has 0 radical (unpaired) electrons. The largest absolute Gasteiger partial charge is 0.354 e. The summed E-state index contributed by atoms with van der Waals surface area (Å²) >= 11 is 0. The third kappa shape index (κ3) is 6.95. The lowest BCUT2D eigenvalue weighted by Gasteiger charge is -2.37. The maximum atomic E-state index is 12.8. The van der Waals surface area contributed by atoms with E-state index in [1.165, 1.54) is 24.3 Å². The molecule has 2 aliphatic rings. The number of nitrogens with one attached hydrogen (secondary N) is 2. The summed E-state index contributed by atoms with van der Waals surface area (Å²) in [7, 11) is 2.02. The van der Waals surface area contributed by atoms with Crippen LogP contribution < -0.4 is 27.8 Å². The molecule has 3 amide bonds. The minimum absolute atomic E-state index is 0.173. The van der Waals surface area contributed by atoms with Crippen molar-refractivity contribution in [1.29, 1.82) is 0 Å². The molecule has 1 aromatic carbocycles. The molecular weight excluding hydrogens is 486 g/mol. The Labute approximate surface area is 223 Å². The van der Waals surface area contributed by atoms with Crippen molar-refractivity contribution >= 4 is 17.8 Å². The van der Waals surface area contributed by atoms with Gasteiger partial charge >= 0.3 is 11.7 Å². The van der Waals surface area contributed by atoms with Crippen molar-refractivity contribution in [1.82, 2.24) is 29.6 Å². The molecule has 4 rings (SSSR count). The Kier molecular flexibility index (Phi) is 8.77. The summed E-state index contributed by atoms with van der Waals surface area (Å²) in [5.74, 6) is -0.187. The number of rotatable bonds is 7. The maximum absolute atomic E-state index is 12.8. The Morgan fingerprint density at radius 2 is 1.74 bits per heavy atom. The van der Waals surface area contributed by atoms with Gasteiger partial charge in [-0.2, -0.15) is 4.98 Å². The van der Waals surface area contributed by atoms with Crippen molar-refractivity contribution < 1.29 is 9.59 Å². The van der Waals surface area contributed by atoms with Gasteiger partial charge in [-0.15, -0.1) is 0 Å². The van der Waals surface area contributed by atoms with Crippen molar-refractivity contribution in [2.24, 2.45) is 11.5 Å². The van der Waals surface area contributed by atoms with Crippen LogP contribution in [0, 0.1) is 0 Å². The molecule has 38 heavy (non-hydrogen) atoms. The molecule has 2 aliphatic heterocycles. The molecule has 2 fully saturated rings. The Hall–Kier alpha value is -3.32. The lowest BCUT2D eigenvalue weighted by atomic mass is 10.0. The van der Waals surface area contributed by atoms with Crippen molar-refractivity contribution in [3.63, 3.8) is 0 Å². The van der Waals surface area contributed by atoms with Gasteiger partial charge in [0.05, 0.1) is 5.69 Å². The summed E-state index contributed by atoms with van der Waals surface area (Å²) in [5.41, 5.74) is 11.3. The predicted molar refractivity (Wildman–Crippen MR) is 146 cm³/mol. The molecule has 0 aliphatic carbocycles. The molecule has 0 atom stereocenters. The Morgan fingerprint density at radius 3 is 2.37 bits per heavy atom. The van der Waals surface area contributed by atoms with E-state index in [2.05, 4.69) is 26.6 Å². The number of hydrogen-bond donors (Lipinski definition) is 4. The summed E-state index contributed by atoms with van der Waals surface area (Å²) < 4.78 is 1.47. The molecule has 6 N–H and O–H groups in total. The number of carbonyl (C=O) groups is 2. The first kappa shape index (κ1) is 27.7. The zero-order valence-corrected chi connectivity index (χ0v) is 22.2. The van der Waals surface area contributed by atoms with Crippen LogP contribution in [0.2, 0.25) is 0 Å². The summed E-state index contributed by atoms with van der Waals surface area (Å²) in [5, 5.41) is 6.04. The predicted octanol–water partition coefficient (Wildman–Crippen LogP) is -0.231. The quantitative estimate of drug-likeness (QED) is 0.361. The highest BCUT2D eigenvalue weighted by atomic mass is 16.2. The van der Waals surface area contributed by atoms with E-state index in [9.17, 15) is 14.4 Å². The van der Waals surface area contributed by atoms with Crippen molar-refractivity contribution in [3.05, 3.63) is 52.6 Å². The van der Waals surface area contributed by atoms with Crippen LogP contribution in [0.5, 0.6) is 0 Å². The van der Waals surface area contributed by atoms with Gasteiger partial charge in [0, 0.05) is 45.0 Å². The Morgan fingerprint density at radius 1 is 1.05 bits per heavy atom. The van der Waals surface area contributed by atoms with Gasteiger partial charge in [0.15, 0.2) is 0 Å². The van der Waals surface area contributed by atoms with E-state index < -0.39 is 11.4 Å². The van der Waals surface area contributed by atoms with Gasteiger partial charge in [-0.1, -0.05) is 12.1 Å². The average Bonchev–Trinajstić information content (AvgIpc) is 2.91. The molecule has 1 aromatic heterocycles. The molecule has 206 valence electrons. The van der Waals surface area contributed by atoms with Crippen LogP contribution in [0.1, 0.15) is 25.3 Å². The molecule has 2 saturated heterocycles. The van der Waals surface area contributed by atoms with E-state index in [4.69, 9.17) is 11.5 Å². The molecular formula is C26H39N9O3. The number of piperazine rings is 1. The number of hydrogen-bond acceptors (Lipinski definition) is 8. The molecule has 12 nitrogen and oxygen atoms in total. The van der Waals surface area contributed by atoms with E-state index in [1.807, 2.05) is 25.2 Å². The van der Waals surface area contributed by atoms with Gasteiger partial charge in [0.25, 0.3) is 5.91 Å². The van der Waals surface area contributed by atoms with Crippen LogP contribution in [0.4, 0.5) is 10.6 Å². The lowest BCUT2D eigenvalue weighted by Crippen LogP contribution is -2.63. The topological polar surface area (TPSA) is 155 Å². The summed E-state index contributed by atoms with van der Waals surface area (Å²) in [6, 6.07) is 9.74. The highest BCUT2D eigenvalue weighted by Crippen LogP contribution is 2.14. The molecule has 2 aromatic rings. The third-order valence-corrected chi connectivity index (χ3v) is 7.25. The van der Waals surface area contributed by atoms with Crippen molar-refractivity contribution in [3.8, 4) is 5.69 Å². The fourth-order valence-corrected chi connectivity index (χ4v) is 4.91. The van der Waals surface area contributed by atoms with E-state index in [-0.39, 0.29) is 17.8 Å². The number of likely N-dealkylation sites (tertiary alicyclic amines) is 1. The van der Waals surface area contributed by atoms with E-state index in [0.717, 1.165) is 37.3 Å². The van der Waals surface area contributed by atoms with Gasteiger partial charge in [-0.3, -0.25) is 14.7 Å². The van der Waals surface area contributed by atoms with E-state index >= 15 is 0 Å². The molecule has 0 unspecified atom stereocenters. The van der Waals surface area contributed by atoms with Gasteiger partial charge in [-0.25, -0.2) is 9.59 Å². The van der Waals surface area contributed by atoms with Gasteiger partial charge in [0.2, 0.25) is 0 Å². The number of aromatic nitrogens is 2. The van der Waals surface area contributed by atoms with E-state index in [1.54, 1.807) is 22.1 Å². The zero-order chi connectivity index (χ0) is 27.3. The van der Waals surface area contributed by atoms with Gasteiger partial charge in [-0.05, 0) is 70.1 Å². The molecule has 0 spiro atoms. The van der Waals surface area contributed by atoms with Gasteiger partial charge < -0.3 is 31.5 Å². The van der Waals surface area contributed by atoms with Crippen molar-refractivity contribution in [2.45, 2.75) is 37.9 Å². The highest BCUT2D eigenvalue weighted by Gasteiger charge is 2.32. The molecule has 0 bridgehead atoms. The van der Waals surface area contributed by atoms with Crippen LogP contribution in [0.25, 0.3) is 5.69 Å². The summed E-state index contributed by atoms with van der Waals surface area (Å²) in [4.78, 5) is 47.4. The lowest BCUT2D eigenvalue weighted by molar-refractivity contribution is -0.137. The smallest absolute Gasteiger partial charge is 0.336 e. The first-order chi connectivity index (χ1) is 18.1. The maximum Gasteiger partial charge on any atom is 0.354 e. The Balaban J connectivity index is 1.32. The normalized spacial score (nSPS) is 17.5. The molecule has 12 heteroatoms. The van der Waals surface area contributed by atoms with Crippen LogP contribution in [-0.2, 0) is 11.2 Å². The van der Waals surface area contributed by atoms with Crippen LogP contribution in [0.3, 0.4) is 0 Å². The molecule has 3 heterocycles. The zero-order valence-electron chi connectivity index (χ0n) is 22.2. The first-order valence-corrected chi connectivity index (χ1v) is 13.2. The number of nitrogens with zero attached hydrogens (tertiary/aromatic N) is 5. The number of piperidine rings is 1. The number of amides is 3. The monoisotopic (exact) mass is 525 g/mol. The number of nitrogens with two attached hydrogens (primary N) is 2. The van der Waals surface area contributed by atoms with Crippen LogP contribution in [-0.4, -0.2) is 101 Å². The third-order valence-electron chi connectivity index (χ3n) is 7.25. The second-order valence-electron chi connectivity index (χ2n) is 10.3. The Bertz CT molecular complexity index is 1180. The minimum atomic E-state index is -1.44. The van der Waals surface area contributed by atoms with Crippen LogP contribution in [0.15, 0.2) is 41.3 Å². The number of benzene rings is 1.